The van der Waals surface area contributed by atoms with Crippen LogP contribution in [0.2, 0.25) is 0 Å². The summed E-state index contributed by atoms with van der Waals surface area (Å²) < 4.78 is 6.46. The smallest absolute Gasteiger partial charge is 0.349 e. The lowest BCUT2D eigenvalue weighted by molar-refractivity contribution is -0.127. The van der Waals surface area contributed by atoms with Crippen LogP contribution in [-0.2, 0) is 9.53 Å². The number of fused-ring (bicyclic) bond motifs is 1. The molecule has 2 heterocycles. The van der Waals surface area contributed by atoms with Gasteiger partial charge in [-0.2, -0.15) is 0 Å². The highest BCUT2D eigenvalue weighted by Gasteiger charge is 2.24. The Morgan fingerprint density at radius 2 is 1.67 bits per heavy atom. The minimum Gasteiger partial charge on any atom is -0.443 e. The van der Waals surface area contributed by atoms with Crippen molar-refractivity contribution in [3.63, 3.8) is 0 Å². The zero-order valence-electron chi connectivity index (χ0n) is 14.0. The molecule has 7 heteroatoms. The predicted molar refractivity (Wildman–Crippen MR) is 107 cm³/mol. The molecule has 27 heavy (non-hydrogen) atoms. The Bertz CT molecular complexity index is 1090. The number of ether oxygens (including phenoxy) is 1. The van der Waals surface area contributed by atoms with Gasteiger partial charge in [-0.1, -0.05) is 42.5 Å². The van der Waals surface area contributed by atoms with Crippen molar-refractivity contribution in [1.82, 2.24) is 4.98 Å². The van der Waals surface area contributed by atoms with Gasteiger partial charge in [-0.15, -0.1) is 22.7 Å². The van der Waals surface area contributed by atoms with Crippen LogP contribution in [0.25, 0.3) is 20.1 Å². The number of thiazole rings is 1. The molecule has 0 radical (unpaired) electrons. The van der Waals surface area contributed by atoms with E-state index in [1.54, 1.807) is 41.7 Å². The number of amides is 1. The van der Waals surface area contributed by atoms with Crippen LogP contribution in [0, 0.1) is 0 Å². The molecule has 2 aromatic heterocycles. The third-order valence-electron chi connectivity index (χ3n) is 3.90. The average molecular weight is 394 g/mol. The first-order valence-corrected chi connectivity index (χ1v) is 9.76. The summed E-state index contributed by atoms with van der Waals surface area (Å²) in [6.07, 6.45) is -1.12. The molecule has 4 rings (SSSR count). The van der Waals surface area contributed by atoms with Crippen molar-refractivity contribution >= 4 is 44.8 Å². The molecule has 0 aliphatic carbocycles. The van der Waals surface area contributed by atoms with Crippen molar-refractivity contribution in [1.29, 1.82) is 0 Å². The van der Waals surface area contributed by atoms with Gasteiger partial charge in [0.1, 0.15) is 9.88 Å². The van der Waals surface area contributed by atoms with Gasteiger partial charge < -0.3 is 10.5 Å². The topological polar surface area (TPSA) is 82.3 Å². The Labute approximate surface area is 163 Å². The maximum Gasteiger partial charge on any atom is 0.349 e. The molecule has 0 spiro atoms. The fourth-order valence-electron chi connectivity index (χ4n) is 2.62. The molecule has 0 aliphatic rings. The summed E-state index contributed by atoms with van der Waals surface area (Å²) in [6.45, 7) is 0. The Morgan fingerprint density at radius 1 is 0.926 bits per heavy atom. The van der Waals surface area contributed by atoms with Crippen molar-refractivity contribution in [3.8, 4) is 9.88 Å². The maximum absolute atomic E-state index is 12.5. The Kier molecular flexibility index (Phi) is 4.70. The van der Waals surface area contributed by atoms with Crippen LogP contribution in [0.3, 0.4) is 0 Å². The second kappa shape index (κ2) is 7.30. The summed E-state index contributed by atoms with van der Waals surface area (Å²) >= 11 is 2.84. The van der Waals surface area contributed by atoms with Crippen molar-refractivity contribution in [3.05, 3.63) is 77.2 Å². The van der Waals surface area contributed by atoms with Gasteiger partial charge in [0.05, 0.1) is 15.1 Å². The minimum atomic E-state index is -1.12. The highest BCUT2D eigenvalue weighted by Crippen LogP contribution is 2.35. The zero-order chi connectivity index (χ0) is 18.8. The van der Waals surface area contributed by atoms with Crippen LogP contribution in [-0.4, -0.2) is 16.9 Å². The molecular formula is C20H14N2O3S2. The number of thiophene rings is 1. The molecule has 2 N–H and O–H groups in total. The molecule has 134 valence electrons. The maximum atomic E-state index is 12.5. The predicted octanol–water partition coefficient (Wildman–Crippen LogP) is 4.41. The Hall–Kier alpha value is -3.03. The molecule has 1 atom stereocenters. The van der Waals surface area contributed by atoms with Gasteiger partial charge in [-0.25, -0.2) is 9.78 Å². The van der Waals surface area contributed by atoms with E-state index in [9.17, 15) is 9.59 Å². The van der Waals surface area contributed by atoms with Crippen LogP contribution < -0.4 is 5.73 Å². The van der Waals surface area contributed by atoms with Gasteiger partial charge in [0.15, 0.2) is 0 Å². The number of para-hydroxylation sites is 1. The quantitative estimate of drug-likeness (QED) is 0.508. The molecule has 1 unspecified atom stereocenters. The number of carbonyl (C=O) groups excluding carboxylic acids is 2. The van der Waals surface area contributed by atoms with Gasteiger partial charge in [0.25, 0.3) is 5.91 Å². The zero-order valence-corrected chi connectivity index (χ0v) is 15.6. The highest BCUT2D eigenvalue weighted by atomic mass is 32.1. The molecule has 0 aliphatic heterocycles. The molecule has 0 bridgehead atoms. The second-order valence-electron chi connectivity index (χ2n) is 5.75. The fourth-order valence-corrected chi connectivity index (χ4v) is 4.53. The van der Waals surface area contributed by atoms with Crippen molar-refractivity contribution in [2.45, 2.75) is 6.10 Å². The minimum absolute atomic E-state index is 0.395. The molecule has 4 aromatic rings. The molecular weight excluding hydrogens is 380 g/mol. The highest BCUT2D eigenvalue weighted by molar-refractivity contribution is 7.26. The second-order valence-corrected chi connectivity index (χ2v) is 7.86. The van der Waals surface area contributed by atoms with E-state index < -0.39 is 18.0 Å². The van der Waals surface area contributed by atoms with Crippen LogP contribution in [0.1, 0.15) is 21.3 Å². The van der Waals surface area contributed by atoms with Crippen LogP contribution in [0.15, 0.2) is 66.7 Å². The molecule has 0 saturated carbocycles. The van der Waals surface area contributed by atoms with Gasteiger partial charge >= 0.3 is 5.97 Å². The van der Waals surface area contributed by atoms with E-state index in [0.717, 1.165) is 20.1 Å². The summed E-state index contributed by atoms with van der Waals surface area (Å²) in [5, 5.41) is 0.842. The lowest BCUT2D eigenvalue weighted by Crippen LogP contribution is -2.26. The first-order chi connectivity index (χ1) is 13.1. The largest absolute Gasteiger partial charge is 0.443 e. The van der Waals surface area contributed by atoms with Crippen LogP contribution >= 0.6 is 22.7 Å². The summed E-state index contributed by atoms with van der Waals surface area (Å²) in [5.74, 6) is -1.29. The monoisotopic (exact) mass is 394 g/mol. The number of hydrogen-bond acceptors (Lipinski definition) is 6. The van der Waals surface area contributed by atoms with E-state index in [1.165, 1.54) is 11.3 Å². The third-order valence-corrected chi connectivity index (χ3v) is 6.17. The third kappa shape index (κ3) is 3.60. The standard InChI is InChI=1S/C20H14N2O3S2/c21-18(23)17(12-6-2-1-3-7-12)25-20(24)16-11-10-15(26-16)19-22-13-8-4-5-9-14(13)27-19/h1-11,17H,(H2,21,23). The fraction of sp³-hybridized carbons (Fsp3) is 0.0500. The first-order valence-electron chi connectivity index (χ1n) is 8.13. The summed E-state index contributed by atoms with van der Waals surface area (Å²) in [5.41, 5.74) is 6.88. The average Bonchev–Trinajstić information content (AvgIpc) is 3.33. The van der Waals surface area contributed by atoms with Crippen molar-refractivity contribution in [2.24, 2.45) is 5.73 Å². The molecule has 0 saturated heterocycles. The first kappa shape index (κ1) is 17.4. The van der Waals surface area contributed by atoms with Crippen LogP contribution in [0.4, 0.5) is 0 Å². The van der Waals surface area contributed by atoms with E-state index in [-0.39, 0.29) is 0 Å². The number of aromatic nitrogens is 1. The summed E-state index contributed by atoms with van der Waals surface area (Å²) in [4.78, 5) is 30.1. The van der Waals surface area contributed by atoms with Crippen molar-refractivity contribution in [2.75, 3.05) is 0 Å². The number of hydrogen-bond donors (Lipinski definition) is 1. The lowest BCUT2D eigenvalue weighted by Gasteiger charge is -2.14. The van der Waals surface area contributed by atoms with Gasteiger partial charge in [0.2, 0.25) is 6.10 Å². The number of nitrogens with zero attached hydrogens (tertiary/aromatic N) is 1. The van der Waals surface area contributed by atoms with E-state index >= 15 is 0 Å². The normalized spacial score (nSPS) is 12.0. The Balaban J connectivity index is 1.57. The summed E-state index contributed by atoms with van der Waals surface area (Å²) in [7, 11) is 0. The Morgan fingerprint density at radius 3 is 2.41 bits per heavy atom. The SMILES string of the molecule is NC(=O)C(OC(=O)c1ccc(-c2nc3ccccc3s2)s1)c1ccccc1. The van der Waals surface area contributed by atoms with E-state index in [2.05, 4.69) is 4.98 Å². The molecule has 0 fully saturated rings. The van der Waals surface area contributed by atoms with Gasteiger partial charge in [-0.3, -0.25) is 4.79 Å². The number of rotatable bonds is 5. The van der Waals surface area contributed by atoms with Gasteiger partial charge in [0, 0.05) is 5.56 Å². The van der Waals surface area contributed by atoms with Crippen LogP contribution in [0.5, 0.6) is 0 Å². The number of benzene rings is 2. The van der Waals surface area contributed by atoms with Crippen molar-refractivity contribution < 1.29 is 14.3 Å². The van der Waals surface area contributed by atoms with E-state index in [0.29, 0.717) is 10.4 Å². The van der Waals surface area contributed by atoms with E-state index in [1.807, 2.05) is 36.4 Å². The molecule has 5 nitrogen and oxygen atoms in total. The summed E-state index contributed by atoms with van der Waals surface area (Å²) in [6, 6.07) is 20.1. The number of nitrogens with two attached hydrogens (primary N) is 1. The van der Waals surface area contributed by atoms with E-state index in [4.69, 9.17) is 10.5 Å². The lowest BCUT2D eigenvalue weighted by atomic mass is 10.1. The molecule has 1 amide bonds. The molecule has 2 aromatic carbocycles. The number of carbonyl (C=O) groups is 2. The number of primary amides is 1. The van der Waals surface area contributed by atoms with Gasteiger partial charge in [-0.05, 0) is 24.3 Å². The number of esters is 1.